The molecule has 0 aliphatic carbocycles. The number of carbonyl (C=O) groups excluding carboxylic acids is 1. The molecule has 2 aromatic carbocycles. The van der Waals surface area contributed by atoms with Crippen molar-refractivity contribution >= 4 is 15.9 Å². The van der Waals surface area contributed by atoms with Gasteiger partial charge in [0.05, 0.1) is 4.90 Å². The summed E-state index contributed by atoms with van der Waals surface area (Å²) in [6.45, 7) is 5.19. The molecule has 0 spiro atoms. The first-order valence-corrected chi connectivity index (χ1v) is 11.9. The Morgan fingerprint density at radius 2 is 1.77 bits per heavy atom. The number of ether oxygens (including phenoxy) is 1. The summed E-state index contributed by atoms with van der Waals surface area (Å²) < 4.78 is 46.4. The van der Waals surface area contributed by atoms with Crippen molar-refractivity contribution in [1.82, 2.24) is 10.0 Å². The molecule has 1 heterocycles. The monoisotopic (exact) mass is 448 g/mol. The van der Waals surface area contributed by atoms with Crippen LogP contribution in [-0.4, -0.2) is 40.6 Å². The van der Waals surface area contributed by atoms with E-state index in [1.807, 2.05) is 13.0 Å². The number of aryl methyl sites for hydroxylation is 2. The first-order valence-electron chi connectivity index (χ1n) is 10.4. The zero-order valence-electron chi connectivity index (χ0n) is 17.9. The van der Waals surface area contributed by atoms with Crippen LogP contribution in [0.5, 0.6) is 0 Å². The van der Waals surface area contributed by atoms with Crippen LogP contribution in [0.1, 0.15) is 36.0 Å². The van der Waals surface area contributed by atoms with Crippen LogP contribution >= 0.6 is 0 Å². The molecule has 2 N–H and O–H groups in total. The Balaban J connectivity index is 1.56. The second-order valence-corrected chi connectivity index (χ2v) is 9.83. The number of benzene rings is 2. The van der Waals surface area contributed by atoms with Crippen molar-refractivity contribution in [3.05, 3.63) is 65.0 Å². The summed E-state index contributed by atoms with van der Waals surface area (Å²) in [5, 5.41) is 2.93. The van der Waals surface area contributed by atoms with Crippen molar-refractivity contribution in [2.75, 3.05) is 26.3 Å². The van der Waals surface area contributed by atoms with Gasteiger partial charge in [0.1, 0.15) is 5.82 Å². The Kier molecular flexibility index (Phi) is 7.46. The van der Waals surface area contributed by atoms with Gasteiger partial charge in [-0.05, 0) is 56.0 Å². The number of carbonyl (C=O) groups is 1. The highest BCUT2D eigenvalue weighted by Gasteiger charge is 2.34. The lowest BCUT2D eigenvalue weighted by Gasteiger charge is -2.38. The molecule has 0 saturated carbocycles. The van der Waals surface area contributed by atoms with Gasteiger partial charge in [-0.2, -0.15) is 0 Å². The molecule has 8 heteroatoms. The average molecular weight is 449 g/mol. The molecule has 0 radical (unpaired) electrons. The Bertz CT molecular complexity index is 1020. The number of hydrogen-bond acceptors (Lipinski definition) is 4. The van der Waals surface area contributed by atoms with Crippen molar-refractivity contribution < 1.29 is 22.3 Å². The maximum absolute atomic E-state index is 13.3. The van der Waals surface area contributed by atoms with E-state index in [-0.39, 0.29) is 35.0 Å². The lowest BCUT2D eigenvalue weighted by Crippen LogP contribution is -2.45. The van der Waals surface area contributed by atoms with Crippen molar-refractivity contribution in [2.24, 2.45) is 0 Å². The lowest BCUT2D eigenvalue weighted by molar-refractivity contribution is -0.121. The highest BCUT2D eigenvalue weighted by atomic mass is 32.2. The number of sulfonamides is 1. The van der Waals surface area contributed by atoms with Crippen LogP contribution in [0, 0.1) is 19.7 Å². The molecule has 1 fully saturated rings. The summed E-state index contributed by atoms with van der Waals surface area (Å²) in [4.78, 5) is 12.6. The molecule has 2 aromatic rings. The normalized spacial score (nSPS) is 16.1. The minimum absolute atomic E-state index is 0.00808. The van der Waals surface area contributed by atoms with Gasteiger partial charge in [-0.25, -0.2) is 17.5 Å². The van der Waals surface area contributed by atoms with Crippen LogP contribution in [0.15, 0.2) is 47.4 Å². The van der Waals surface area contributed by atoms with E-state index in [9.17, 15) is 17.6 Å². The predicted octanol–water partition coefficient (Wildman–Crippen LogP) is 2.98. The van der Waals surface area contributed by atoms with Gasteiger partial charge in [-0.15, -0.1) is 0 Å². The molecule has 0 bridgehead atoms. The molecule has 1 aliphatic rings. The quantitative estimate of drug-likeness (QED) is 0.650. The third kappa shape index (κ3) is 5.90. The van der Waals surface area contributed by atoms with E-state index in [1.165, 1.54) is 12.1 Å². The molecule has 0 aromatic heterocycles. The van der Waals surface area contributed by atoms with Crippen molar-refractivity contribution in [2.45, 2.75) is 43.4 Å². The minimum Gasteiger partial charge on any atom is -0.381 e. The summed E-state index contributed by atoms with van der Waals surface area (Å²) in [7, 11) is -3.68. The number of halogens is 1. The number of rotatable bonds is 8. The van der Waals surface area contributed by atoms with Crippen LogP contribution in [0.3, 0.4) is 0 Å². The largest absolute Gasteiger partial charge is 0.381 e. The van der Waals surface area contributed by atoms with Gasteiger partial charge in [-0.1, -0.05) is 29.8 Å². The maximum atomic E-state index is 13.3. The third-order valence-corrected chi connectivity index (χ3v) is 7.42. The predicted molar refractivity (Wildman–Crippen MR) is 117 cm³/mol. The number of amides is 1. The summed E-state index contributed by atoms with van der Waals surface area (Å²) in [6.07, 6.45) is 1.47. The fourth-order valence-electron chi connectivity index (χ4n) is 3.97. The van der Waals surface area contributed by atoms with Crippen LogP contribution in [0.25, 0.3) is 0 Å². The third-order valence-electron chi connectivity index (χ3n) is 5.79. The lowest BCUT2D eigenvalue weighted by atomic mass is 9.74. The van der Waals surface area contributed by atoms with Gasteiger partial charge in [-0.3, -0.25) is 4.79 Å². The first-order chi connectivity index (χ1) is 14.7. The maximum Gasteiger partial charge on any atom is 0.240 e. The Morgan fingerprint density at radius 3 is 2.42 bits per heavy atom. The molecule has 31 heavy (non-hydrogen) atoms. The van der Waals surface area contributed by atoms with Gasteiger partial charge < -0.3 is 10.1 Å². The van der Waals surface area contributed by atoms with Gasteiger partial charge in [0.15, 0.2) is 0 Å². The molecular formula is C23H29FN2O4S. The second-order valence-electron chi connectivity index (χ2n) is 8.09. The van der Waals surface area contributed by atoms with Gasteiger partial charge in [0.25, 0.3) is 0 Å². The molecule has 1 amide bonds. The van der Waals surface area contributed by atoms with Crippen molar-refractivity contribution in [3.63, 3.8) is 0 Å². The Morgan fingerprint density at radius 1 is 1.10 bits per heavy atom. The topological polar surface area (TPSA) is 84.5 Å². The Labute approximate surface area is 183 Å². The van der Waals surface area contributed by atoms with Crippen LogP contribution in [-0.2, 0) is 25.0 Å². The van der Waals surface area contributed by atoms with Crippen molar-refractivity contribution in [3.8, 4) is 0 Å². The fourth-order valence-corrected chi connectivity index (χ4v) is 5.22. The van der Waals surface area contributed by atoms with Gasteiger partial charge in [0.2, 0.25) is 15.9 Å². The van der Waals surface area contributed by atoms with Gasteiger partial charge in [0, 0.05) is 38.1 Å². The van der Waals surface area contributed by atoms with Crippen LogP contribution in [0.4, 0.5) is 4.39 Å². The molecule has 0 unspecified atom stereocenters. The van der Waals surface area contributed by atoms with E-state index in [4.69, 9.17) is 4.74 Å². The summed E-state index contributed by atoms with van der Waals surface area (Å²) >= 11 is 0. The van der Waals surface area contributed by atoms with Crippen molar-refractivity contribution in [1.29, 1.82) is 0 Å². The molecule has 6 nitrogen and oxygen atoms in total. The SMILES string of the molecule is Cc1ccc(S(=O)(=O)NCCC(=O)NCC2(c3ccc(F)cc3)CCOCC2)c(C)c1. The number of hydrogen-bond donors (Lipinski definition) is 2. The summed E-state index contributed by atoms with van der Waals surface area (Å²) in [5.41, 5.74) is 2.30. The first kappa shape index (κ1) is 23.4. The molecular weight excluding hydrogens is 419 g/mol. The zero-order chi connectivity index (χ0) is 22.5. The number of nitrogens with one attached hydrogen (secondary N) is 2. The standard InChI is InChI=1S/C23H29FN2O4S/c1-17-3-8-21(18(2)15-17)31(28,29)26-12-9-22(27)25-16-23(10-13-30-14-11-23)19-4-6-20(24)7-5-19/h3-8,15,26H,9-14,16H2,1-2H3,(H,25,27). The molecule has 3 rings (SSSR count). The van der Waals surface area contributed by atoms with E-state index in [0.29, 0.717) is 25.3 Å². The van der Waals surface area contributed by atoms with Crippen LogP contribution in [0.2, 0.25) is 0 Å². The highest BCUT2D eigenvalue weighted by molar-refractivity contribution is 7.89. The Hall–Kier alpha value is -2.29. The summed E-state index contributed by atoms with van der Waals surface area (Å²) in [5.74, 6) is -0.539. The van der Waals surface area contributed by atoms with E-state index < -0.39 is 10.0 Å². The molecule has 1 saturated heterocycles. The minimum atomic E-state index is -3.68. The molecule has 1 aliphatic heterocycles. The summed E-state index contributed by atoms with van der Waals surface area (Å²) in [6, 6.07) is 11.5. The molecule has 168 valence electrons. The van der Waals surface area contributed by atoms with E-state index in [2.05, 4.69) is 10.0 Å². The smallest absolute Gasteiger partial charge is 0.240 e. The van der Waals surface area contributed by atoms with E-state index >= 15 is 0 Å². The second kappa shape index (κ2) is 9.89. The zero-order valence-corrected chi connectivity index (χ0v) is 18.7. The molecule has 0 atom stereocenters. The van der Waals surface area contributed by atoms with Crippen LogP contribution < -0.4 is 10.0 Å². The van der Waals surface area contributed by atoms with Gasteiger partial charge >= 0.3 is 0 Å². The van der Waals surface area contributed by atoms with E-state index in [0.717, 1.165) is 24.0 Å². The van der Waals surface area contributed by atoms with E-state index in [1.54, 1.807) is 31.2 Å². The highest BCUT2D eigenvalue weighted by Crippen LogP contribution is 2.34. The fraction of sp³-hybridized carbons (Fsp3) is 0.435. The average Bonchev–Trinajstić information content (AvgIpc) is 2.73.